The fourth-order valence-electron chi connectivity index (χ4n) is 2.00. The lowest BCUT2D eigenvalue weighted by Gasteiger charge is -2.08. The predicted molar refractivity (Wildman–Crippen MR) is 79.6 cm³/mol. The summed E-state index contributed by atoms with van der Waals surface area (Å²) >= 11 is 0. The first-order valence-electron chi connectivity index (χ1n) is 6.59. The Hall–Kier alpha value is -3.54. The van der Waals surface area contributed by atoms with E-state index in [-0.39, 0.29) is 11.4 Å². The van der Waals surface area contributed by atoms with Gasteiger partial charge < -0.3 is 9.88 Å². The standard InChI is InChI=1S/C14H11FN8/c1-9-17-4-5-23(9)13-3-2-11(6-12(13)15)18-8-10(7-16)14-19-21-22-20-14/h2-6,8,18H,1H3,(H,19,20,21,22). The van der Waals surface area contributed by atoms with Crippen molar-refractivity contribution in [2.24, 2.45) is 0 Å². The van der Waals surface area contributed by atoms with Crippen LogP contribution in [0.3, 0.4) is 0 Å². The summed E-state index contributed by atoms with van der Waals surface area (Å²) < 4.78 is 15.9. The molecule has 0 aliphatic rings. The van der Waals surface area contributed by atoms with Gasteiger partial charge in [0, 0.05) is 24.3 Å². The molecule has 9 heteroatoms. The molecule has 0 radical (unpaired) electrons. The number of anilines is 1. The minimum absolute atomic E-state index is 0.158. The number of halogens is 1. The van der Waals surface area contributed by atoms with Gasteiger partial charge in [-0.25, -0.2) is 9.37 Å². The molecule has 0 aliphatic heterocycles. The van der Waals surface area contributed by atoms with Crippen LogP contribution in [0.1, 0.15) is 11.6 Å². The van der Waals surface area contributed by atoms with E-state index in [9.17, 15) is 4.39 Å². The van der Waals surface area contributed by atoms with Crippen molar-refractivity contribution in [1.29, 1.82) is 5.26 Å². The Morgan fingerprint density at radius 2 is 2.35 bits per heavy atom. The lowest BCUT2D eigenvalue weighted by Crippen LogP contribution is -2.00. The average molecular weight is 310 g/mol. The summed E-state index contributed by atoms with van der Waals surface area (Å²) in [7, 11) is 0. The number of nitrogens with one attached hydrogen (secondary N) is 2. The summed E-state index contributed by atoms with van der Waals surface area (Å²) in [6.07, 6.45) is 4.68. The summed E-state index contributed by atoms with van der Waals surface area (Å²) in [5.74, 6) is 0.432. The van der Waals surface area contributed by atoms with Crippen LogP contribution in [0.2, 0.25) is 0 Å². The maximum Gasteiger partial charge on any atom is 0.216 e. The maximum atomic E-state index is 14.3. The molecule has 2 heterocycles. The van der Waals surface area contributed by atoms with Gasteiger partial charge >= 0.3 is 0 Å². The summed E-state index contributed by atoms with van der Waals surface area (Å²) in [5, 5.41) is 25.0. The van der Waals surface area contributed by atoms with Crippen LogP contribution in [-0.4, -0.2) is 30.2 Å². The van der Waals surface area contributed by atoms with Crippen LogP contribution < -0.4 is 5.32 Å². The third kappa shape index (κ3) is 2.91. The van der Waals surface area contributed by atoms with E-state index in [0.717, 1.165) is 0 Å². The monoisotopic (exact) mass is 310 g/mol. The molecule has 0 atom stereocenters. The third-order valence-corrected chi connectivity index (χ3v) is 3.12. The Labute approximate surface area is 130 Å². The highest BCUT2D eigenvalue weighted by molar-refractivity contribution is 5.74. The van der Waals surface area contributed by atoms with E-state index in [0.29, 0.717) is 17.2 Å². The number of benzene rings is 1. The van der Waals surface area contributed by atoms with Gasteiger partial charge in [0.2, 0.25) is 5.82 Å². The Balaban J connectivity index is 1.84. The second-order valence-electron chi connectivity index (χ2n) is 4.56. The van der Waals surface area contributed by atoms with Crippen molar-refractivity contribution < 1.29 is 4.39 Å². The molecule has 0 saturated heterocycles. The van der Waals surface area contributed by atoms with Crippen molar-refractivity contribution in [3.8, 4) is 11.8 Å². The number of allylic oxidation sites excluding steroid dienone is 1. The molecule has 8 nitrogen and oxygen atoms in total. The van der Waals surface area contributed by atoms with E-state index < -0.39 is 5.82 Å². The van der Waals surface area contributed by atoms with Crippen molar-refractivity contribution in [3.05, 3.63) is 54.3 Å². The van der Waals surface area contributed by atoms with Gasteiger partial charge in [0.25, 0.3) is 0 Å². The van der Waals surface area contributed by atoms with Crippen molar-refractivity contribution in [3.63, 3.8) is 0 Å². The fourth-order valence-corrected chi connectivity index (χ4v) is 2.00. The molecule has 0 amide bonds. The highest BCUT2D eigenvalue weighted by Crippen LogP contribution is 2.20. The van der Waals surface area contributed by atoms with E-state index in [4.69, 9.17) is 5.26 Å². The third-order valence-electron chi connectivity index (χ3n) is 3.12. The molecule has 0 aliphatic carbocycles. The topological polar surface area (TPSA) is 108 Å². The lowest BCUT2D eigenvalue weighted by atomic mass is 10.2. The van der Waals surface area contributed by atoms with Gasteiger partial charge in [0.1, 0.15) is 23.3 Å². The zero-order valence-electron chi connectivity index (χ0n) is 12.0. The van der Waals surface area contributed by atoms with Crippen LogP contribution in [-0.2, 0) is 0 Å². The van der Waals surface area contributed by atoms with Gasteiger partial charge in [-0.3, -0.25) is 0 Å². The summed E-state index contributed by atoms with van der Waals surface area (Å²) in [6.45, 7) is 1.79. The molecule has 3 rings (SSSR count). The van der Waals surface area contributed by atoms with Crippen molar-refractivity contribution >= 4 is 11.3 Å². The van der Waals surface area contributed by atoms with E-state index in [1.807, 2.05) is 6.07 Å². The number of imidazole rings is 1. The van der Waals surface area contributed by atoms with Gasteiger partial charge in [0.15, 0.2) is 0 Å². The number of aromatic amines is 1. The van der Waals surface area contributed by atoms with Crippen molar-refractivity contribution in [1.82, 2.24) is 30.2 Å². The lowest BCUT2D eigenvalue weighted by molar-refractivity contribution is 0.617. The molecule has 2 aromatic heterocycles. The van der Waals surface area contributed by atoms with Crippen LogP contribution in [0.25, 0.3) is 11.3 Å². The predicted octanol–water partition coefficient (Wildman–Crippen LogP) is 1.81. The van der Waals surface area contributed by atoms with Crippen LogP contribution in [0.4, 0.5) is 10.1 Å². The Kier molecular flexibility index (Phi) is 3.80. The quantitative estimate of drug-likeness (QED) is 0.711. The average Bonchev–Trinajstić information content (AvgIpc) is 3.20. The maximum absolute atomic E-state index is 14.3. The highest BCUT2D eigenvalue weighted by Gasteiger charge is 2.09. The van der Waals surface area contributed by atoms with Gasteiger partial charge in [-0.05, 0) is 30.3 Å². The van der Waals surface area contributed by atoms with Crippen molar-refractivity contribution in [2.45, 2.75) is 6.92 Å². The van der Waals surface area contributed by atoms with Crippen molar-refractivity contribution in [2.75, 3.05) is 5.32 Å². The summed E-state index contributed by atoms with van der Waals surface area (Å²) in [4.78, 5) is 4.07. The Morgan fingerprint density at radius 3 is 2.96 bits per heavy atom. The number of aromatic nitrogens is 6. The summed E-state index contributed by atoms with van der Waals surface area (Å²) in [6, 6.07) is 6.59. The molecule has 0 unspecified atom stereocenters. The molecule has 0 spiro atoms. The smallest absolute Gasteiger partial charge is 0.216 e. The largest absolute Gasteiger partial charge is 0.360 e. The Morgan fingerprint density at radius 1 is 1.48 bits per heavy atom. The zero-order chi connectivity index (χ0) is 16.2. The Bertz CT molecular complexity index is 888. The molecule has 0 fully saturated rings. The number of tetrazole rings is 1. The number of hydrogen-bond donors (Lipinski definition) is 2. The van der Waals surface area contributed by atoms with Crippen LogP contribution in [0, 0.1) is 24.1 Å². The SMILES string of the molecule is Cc1nccn1-c1ccc(NC=C(C#N)c2nn[nH]n2)cc1F. The molecule has 1 aromatic carbocycles. The molecule has 0 saturated carbocycles. The van der Waals surface area contributed by atoms with E-state index in [1.54, 1.807) is 36.0 Å². The molecular weight excluding hydrogens is 299 g/mol. The molecule has 114 valence electrons. The minimum Gasteiger partial charge on any atom is -0.360 e. The van der Waals surface area contributed by atoms with Gasteiger partial charge in [-0.2, -0.15) is 10.5 Å². The molecular formula is C14H11FN8. The molecule has 23 heavy (non-hydrogen) atoms. The first-order chi connectivity index (χ1) is 11.2. The second kappa shape index (κ2) is 6.07. The molecule has 3 aromatic rings. The van der Waals surface area contributed by atoms with E-state index in [2.05, 4.69) is 30.9 Å². The zero-order valence-corrected chi connectivity index (χ0v) is 12.0. The number of rotatable bonds is 4. The van der Waals surface area contributed by atoms with E-state index >= 15 is 0 Å². The van der Waals surface area contributed by atoms with E-state index in [1.165, 1.54) is 12.3 Å². The molecule has 0 bridgehead atoms. The van der Waals surface area contributed by atoms with Crippen LogP contribution in [0.5, 0.6) is 0 Å². The highest BCUT2D eigenvalue weighted by atomic mass is 19.1. The number of aryl methyl sites for hydroxylation is 1. The number of hydrogen-bond acceptors (Lipinski definition) is 6. The molecule has 2 N–H and O–H groups in total. The second-order valence-corrected chi connectivity index (χ2v) is 4.56. The van der Waals surface area contributed by atoms with Crippen LogP contribution >= 0.6 is 0 Å². The van der Waals surface area contributed by atoms with Gasteiger partial charge in [-0.15, -0.1) is 10.2 Å². The minimum atomic E-state index is -0.414. The fraction of sp³-hybridized carbons (Fsp3) is 0.0714. The van der Waals surface area contributed by atoms with Gasteiger partial charge in [-0.1, -0.05) is 0 Å². The number of nitrogens with zero attached hydrogens (tertiary/aromatic N) is 6. The first kappa shape index (κ1) is 14.4. The first-order valence-corrected chi connectivity index (χ1v) is 6.59. The normalized spacial score (nSPS) is 11.3. The van der Waals surface area contributed by atoms with Gasteiger partial charge in [0.05, 0.1) is 5.69 Å². The summed E-state index contributed by atoms with van der Waals surface area (Å²) in [5.41, 5.74) is 1.06. The van der Waals surface area contributed by atoms with Crippen LogP contribution in [0.15, 0.2) is 36.8 Å². The number of nitriles is 1. The number of H-pyrrole nitrogens is 1.